The highest BCUT2D eigenvalue weighted by molar-refractivity contribution is 5.13. The highest BCUT2D eigenvalue weighted by Gasteiger charge is 2.00. The molecule has 0 fully saturated rings. The molecule has 0 heterocycles. The number of aliphatic hydroxyl groups excluding tert-OH is 2. The van der Waals surface area contributed by atoms with Crippen LogP contribution in [0.25, 0.3) is 0 Å². The first-order valence-corrected chi connectivity index (χ1v) is 3.77. The van der Waals surface area contributed by atoms with Crippen LogP contribution in [-0.2, 0) is 11.3 Å². The minimum Gasteiger partial charge on any atom is -0.391 e. The quantitative estimate of drug-likeness (QED) is 0.644. The number of ether oxygens (including phenoxy) is 1. The molecule has 0 saturated carbocycles. The maximum atomic E-state index is 8.85. The third kappa shape index (κ3) is 3.00. The SMILES string of the molecule is OCC(O)OCc1ccccc1. The Bertz CT molecular complexity index is 210. The summed E-state index contributed by atoms with van der Waals surface area (Å²) in [6.07, 6.45) is -1.08. The second-order valence-electron chi connectivity index (χ2n) is 2.43. The second-order valence-corrected chi connectivity index (χ2v) is 2.43. The Hall–Kier alpha value is -0.900. The van der Waals surface area contributed by atoms with E-state index in [1.54, 1.807) is 0 Å². The van der Waals surface area contributed by atoms with E-state index in [1.807, 2.05) is 30.3 Å². The van der Waals surface area contributed by atoms with Crippen LogP contribution < -0.4 is 0 Å². The van der Waals surface area contributed by atoms with E-state index < -0.39 is 6.29 Å². The summed E-state index contributed by atoms with van der Waals surface area (Å²) in [5, 5.41) is 17.3. The van der Waals surface area contributed by atoms with Crippen molar-refractivity contribution in [1.29, 1.82) is 0 Å². The zero-order valence-electron chi connectivity index (χ0n) is 6.68. The maximum absolute atomic E-state index is 8.85. The summed E-state index contributed by atoms with van der Waals surface area (Å²) in [6, 6.07) is 9.48. The molecule has 66 valence electrons. The normalized spacial score (nSPS) is 12.8. The van der Waals surface area contributed by atoms with Gasteiger partial charge in [0.2, 0.25) is 0 Å². The average Bonchev–Trinajstić information content (AvgIpc) is 2.16. The number of hydrogen-bond acceptors (Lipinski definition) is 3. The van der Waals surface area contributed by atoms with Crippen LogP contribution in [0.5, 0.6) is 0 Å². The highest BCUT2D eigenvalue weighted by Crippen LogP contribution is 2.01. The maximum Gasteiger partial charge on any atom is 0.178 e. The molecule has 0 saturated heterocycles. The van der Waals surface area contributed by atoms with Crippen LogP contribution in [0.3, 0.4) is 0 Å². The van der Waals surface area contributed by atoms with Gasteiger partial charge in [0.05, 0.1) is 13.2 Å². The van der Waals surface area contributed by atoms with E-state index in [2.05, 4.69) is 0 Å². The summed E-state index contributed by atoms with van der Waals surface area (Å²) in [5.74, 6) is 0. The molecule has 2 N–H and O–H groups in total. The Morgan fingerprint density at radius 3 is 2.50 bits per heavy atom. The van der Waals surface area contributed by atoms with Crippen molar-refractivity contribution in [1.82, 2.24) is 0 Å². The van der Waals surface area contributed by atoms with Crippen molar-refractivity contribution >= 4 is 0 Å². The summed E-state index contributed by atoms with van der Waals surface area (Å²) in [7, 11) is 0. The van der Waals surface area contributed by atoms with E-state index in [0.29, 0.717) is 6.61 Å². The van der Waals surface area contributed by atoms with Gasteiger partial charge >= 0.3 is 0 Å². The van der Waals surface area contributed by atoms with Crippen molar-refractivity contribution in [2.45, 2.75) is 12.9 Å². The summed E-state index contributed by atoms with van der Waals surface area (Å²) >= 11 is 0. The Balaban J connectivity index is 2.33. The van der Waals surface area contributed by atoms with Crippen molar-refractivity contribution in [3.8, 4) is 0 Å². The lowest BCUT2D eigenvalue weighted by Gasteiger charge is -2.08. The van der Waals surface area contributed by atoms with Gasteiger partial charge in [0.1, 0.15) is 0 Å². The van der Waals surface area contributed by atoms with Gasteiger partial charge in [-0.15, -0.1) is 0 Å². The van der Waals surface area contributed by atoms with Gasteiger partial charge in [-0.3, -0.25) is 0 Å². The van der Waals surface area contributed by atoms with Gasteiger partial charge in [-0.2, -0.15) is 0 Å². The molecule has 0 aliphatic rings. The molecule has 1 aromatic carbocycles. The van der Waals surface area contributed by atoms with E-state index in [0.717, 1.165) is 5.56 Å². The monoisotopic (exact) mass is 168 g/mol. The van der Waals surface area contributed by atoms with Crippen molar-refractivity contribution in [3.05, 3.63) is 35.9 Å². The van der Waals surface area contributed by atoms with Crippen molar-refractivity contribution in [2.24, 2.45) is 0 Å². The zero-order valence-corrected chi connectivity index (χ0v) is 6.68. The molecule has 0 bridgehead atoms. The molecule has 0 aromatic heterocycles. The van der Waals surface area contributed by atoms with Gasteiger partial charge in [0, 0.05) is 0 Å². The first kappa shape index (κ1) is 9.19. The number of rotatable bonds is 4. The van der Waals surface area contributed by atoms with Gasteiger partial charge in [-0.25, -0.2) is 0 Å². The Morgan fingerprint density at radius 1 is 1.25 bits per heavy atom. The van der Waals surface area contributed by atoms with E-state index in [-0.39, 0.29) is 6.61 Å². The average molecular weight is 168 g/mol. The van der Waals surface area contributed by atoms with Gasteiger partial charge < -0.3 is 14.9 Å². The smallest absolute Gasteiger partial charge is 0.178 e. The number of hydrogen-bond donors (Lipinski definition) is 2. The fraction of sp³-hybridized carbons (Fsp3) is 0.333. The zero-order chi connectivity index (χ0) is 8.81. The number of benzene rings is 1. The Labute approximate surface area is 71.2 Å². The van der Waals surface area contributed by atoms with Crippen LogP contribution in [0.4, 0.5) is 0 Å². The third-order valence-corrected chi connectivity index (χ3v) is 1.44. The van der Waals surface area contributed by atoms with Gasteiger partial charge in [0.15, 0.2) is 6.29 Å². The van der Waals surface area contributed by atoms with Crippen molar-refractivity contribution < 1.29 is 14.9 Å². The van der Waals surface area contributed by atoms with Crippen LogP contribution in [0.15, 0.2) is 30.3 Å². The predicted octanol–water partition coefficient (Wildman–Crippen LogP) is 0.514. The van der Waals surface area contributed by atoms with Gasteiger partial charge in [-0.05, 0) is 5.56 Å². The van der Waals surface area contributed by atoms with Crippen LogP contribution in [-0.4, -0.2) is 23.1 Å². The van der Waals surface area contributed by atoms with Crippen LogP contribution in [0, 0.1) is 0 Å². The Kier molecular flexibility index (Phi) is 3.73. The van der Waals surface area contributed by atoms with Gasteiger partial charge in [0.25, 0.3) is 0 Å². The fourth-order valence-corrected chi connectivity index (χ4v) is 0.819. The molecule has 1 aromatic rings. The van der Waals surface area contributed by atoms with Crippen LogP contribution >= 0.6 is 0 Å². The molecule has 1 rings (SSSR count). The standard InChI is InChI=1S/C9H12O3/c10-6-9(11)12-7-8-4-2-1-3-5-8/h1-5,9-11H,6-7H2. The van der Waals surface area contributed by atoms with Crippen molar-refractivity contribution in [2.75, 3.05) is 6.61 Å². The molecular formula is C9H12O3. The third-order valence-electron chi connectivity index (χ3n) is 1.44. The summed E-state index contributed by atoms with van der Waals surface area (Å²) < 4.78 is 4.88. The van der Waals surface area contributed by atoms with E-state index in [9.17, 15) is 0 Å². The number of aliphatic hydroxyl groups is 2. The van der Waals surface area contributed by atoms with E-state index >= 15 is 0 Å². The molecule has 12 heavy (non-hydrogen) atoms. The molecular weight excluding hydrogens is 156 g/mol. The first-order chi connectivity index (χ1) is 5.83. The molecule has 0 amide bonds. The molecule has 1 unspecified atom stereocenters. The topological polar surface area (TPSA) is 49.7 Å². The lowest BCUT2D eigenvalue weighted by molar-refractivity contribution is -0.132. The fourth-order valence-electron chi connectivity index (χ4n) is 0.819. The molecule has 3 heteroatoms. The lowest BCUT2D eigenvalue weighted by Crippen LogP contribution is -2.15. The van der Waals surface area contributed by atoms with Crippen LogP contribution in [0.2, 0.25) is 0 Å². The van der Waals surface area contributed by atoms with Gasteiger partial charge in [-0.1, -0.05) is 30.3 Å². The van der Waals surface area contributed by atoms with E-state index in [4.69, 9.17) is 14.9 Å². The predicted molar refractivity (Wildman–Crippen MR) is 44.3 cm³/mol. The molecule has 1 atom stereocenters. The minimum absolute atomic E-state index is 0.322. The summed E-state index contributed by atoms with van der Waals surface area (Å²) in [6.45, 7) is -0.0462. The summed E-state index contributed by atoms with van der Waals surface area (Å²) in [4.78, 5) is 0. The first-order valence-electron chi connectivity index (χ1n) is 3.77. The molecule has 0 aliphatic carbocycles. The van der Waals surface area contributed by atoms with Crippen molar-refractivity contribution in [3.63, 3.8) is 0 Å². The molecule has 0 radical (unpaired) electrons. The summed E-state index contributed by atoms with van der Waals surface area (Å²) in [5.41, 5.74) is 0.977. The van der Waals surface area contributed by atoms with E-state index in [1.165, 1.54) is 0 Å². The second kappa shape index (κ2) is 4.87. The molecule has 0 spiro atoms. The molecule has 3 nitrogen and oxygen atoms in total. The highest BCUT2D eigenvalue weighted by atomic mass is 16.6. The van der Waals surface area contributed by atoms with Crippen LogP contribution in [0.1, 0.15) is 5.56 Å². The Morgan fingerprint density at radius 2 is 1.92 bits per heavy atom. The largest absolute Gasteiger partial charge is 0.391 e. The molecule has 0 aliphatic heterocycles. The minimum atomic E-state index is -1.08. The lowest BCUT2D eigenvalue weighted by atomic mass is 10.2.